The van der Waals surface area contributed by atoms with Crippen molar-refractivity contribution < 1.29 is 18.0 Å². The van der Waals surface area contributed by atoms with E-state index >= 15 is 0 Å². The van der Waals surface area contributed by atoms with E-state index in [1.54, 1.807) is 36.4 Å². The van der Waals surface area contributed by atoms with Gasteiger partial charge in [0.25, 0.3) is 21.8 Å². The molecule has 0 saturated carbocycles. The molecule has 0 aliphatic heterocycles. The summed E-state index contributed by atoms with van der Waals surface area (Å²) < 4.78 is 28.3. The lowest BCUT2D eigenvalue weighted by molar-refractivity contribution is 0.0949. The van der Waals surface area contributed by atoms with Crippen LogP contribution in [-0.2, 0) is 16.6 Å². The molecule has 2 amide bonds. The van der Waals surface area contributed by atoms with Crippen molar-refractivity contribution in [3.05, 3.63) is 93.9 Å². The highest BCUT2D eigenvalue weighted by molar-refractivity contribution is 7.92. The highest BCUT2D eigenvalue weighted by Crippen LogP contribution is 2.22. The lowest BCUT2D eigenvalue weighted by atomic mass is 10.1. The average Bonchev–Trinajstić information content (AvgIpc) is 3.21. The van der Waals surface area contributed by atoms with Crippen LogP contribution >= 0.6 is 0 Å². The van der Waals surface area contributed by atoms with E-state index in [0.29, 0.717) is 22.2 Å². The molecule has 4 rings (SSSR count). The number of carbonyl (C=O) groups excluding carboxylic acids is 2. The Labute approximate surface area is 194 Å². The van der Waals surface area contributed by atoms with Crippen LogP contribution < -0.4 is 21.0 Å². The molecule has 0 fully saturated rings. The molecule has 0 aliphatic carbocycles. The number of nitrogens with one attached hydrogen (secondary N) is 5. The lowest BCUT2D eigenvalue weighted by Gasteiger charge is -2.13. The van der Waals surface area contributed by atoms with Gasteiger partial charge in [-0.1, -0.05) is 24.3 Å². The Morgan fingerprint density at radius 1 is 0.882 bits per heavy atom. The summed E-state index contributed by atoms with van der Waals surface area (Å²) >= 11 is 0. The smallest absolute Gasteiger partial charge is 0.323 e. The zero-order valence-electron chi connectivity index (χ0n) is 18.0. The third-order valence-corrected chi connectivity index (χ3v) is 6.45. The number of H-pyrrole nitrogens is 2. The number of carbonyl (C=O) groups is 2. The lowest BCUT2D eigenvalue weighted by Crippen LogP contribution is -2.25. The molecule has 11 heteroatoms. The van der Waals surface area contributed by atoms with Crippen LogP contribution in [0.15, 0.2) is 76.4 Å². The predicted octanol–water partition coefficient (Wildman–Crippen LogP) is 1.95. The van der Waals surface area contributed by atoms with E-state index in [0.717, 1.165) is 0 Å². The zero-order chi connectivity index (χ0) is 24.3. The summed E-state index contributed by atoms with van der Waals surface area (Å²) in [6.07, 6.45) is 0. The number of aromatic nitrogens is 2. The largest absolute Gasteiger partial charge is 0.355 e. The number of rotatable bonds is 7. The number of imidazole rings is 1. The van der Waals surface area contributed by atoms with Crippen LogP contribution in [0.4, 0.5) is 5.69 Å². The van der Waals surface area contributed by atoms with Crippen molar-refractivity contribution in [1.29, 1.82) is 0 Å². The normalized spacial score (nSPS) is 11.2. The van der Waals surface area contributed by atoms with Gasteiger partial charge in [0.15, 0.2) is 0 Å². The maximum absolute atomic E-state index is 13.0. The molecule has 10 nitrogen and oxygen atoms in total. The van der Waals surface area contributed by atoms with E-state index < -0.39 is 21.6 Å². The van der Waals surface area contributed by atoms with E-state index in [-0.39, 0.29) is 28.6 Å². The standard InChI is InChI=1S/C23H21N5O5S/c1-24-21(29)15-6-4-5-14(11-15)13-25-22(30)17-7-2-3-8-18(17)28-34(32,33)16-9-10-19-20(12-16)27-23(31)26-19/h2-12,28H,13H2,1H3,(H,24,29)(H,25,30)(H2,26,27,31). The number of para-hydroxylation sites is 1. The maximum Gasteiger partial charge on any atom is 0.323 e. The van der Waals surface area contributed by atoms with Crippen molar-refractivity contribution in [1.82, 2.24) is 20.6 Å². The first-order valence-corrected chi connectivity index (χ1v) is 11.7. The molecule has 0 radical (unpaired) electrons. The summed E-state index contributed by atoms with van der Waals surface area (Å²) in [5.41, 5.74) is 1.78. The molecular formula is C23H21N5O5S. The molecule has 0 saturated heterocycles. The molecular weight excluding hydrogens is 458 g/mol. The summed E-state index contributed by atoms with van der Waals surface area (Å²) in [5.74, 6) is -0.733. The van der Waals surface area contributed by atoms with Crippen LogP contribution in [0.1, 0.15) is 26.3 Å². The summed E-state index contributed by atoms with van der Waals surface area (Å²) in [7, 11) is -2.51. The minimum Gasteiger partial charge on any atom is -0.355 e. The second-order valence-corrected chi connectivity index (χ2v) is 9.08. The van der Waals surface area contributed by atoms with Gasteiger partial charge in [-0.15, -0.1) is 0 Å². The van der Waals surface area contributed by atoms with Gasteiger partial charge >= 0.3 is 5.69 Å². The first-order chi connectivity index (χ1) is 16.3. The summed E-state index contributed by atoms with van der Waals surface area (Å²) in [6.45, 7) is 0.141. The van der Waals surface area contributed by atoms with Crippen LogP contribution in [0.25, 0.3) is 11.0 Å². The van der Waals surface area contributed by atoms with Gasteiger partial charge in [-0.05, 0) is 48.0 Å². The molecule has 0 bridgehead atoms. The Morgan fingerprint density at radius 3 is 2.44 bits per heavy atom. The number of hydrogen-bond donors (Lipinski definition) is 5. The number of sulfonamides is 1. The summed E-state index contributed by atoms with van der Waals surface area (Å²) in [4.78, 5) is 41.1. The molecule has 5 N–H and O–H groups in total. The molecule has 1 heterocycles. The summed E-state index contributed by atoms with van der Waals surface area (Å²) in [6, 6.07) is 17.2. The number of amides is 2. The van der Waals surface area contributed by atoms with Gasteiger partial charge in [0, 0.05) is 19.2 Å². The zero-order valence-corrected chi connectivity index (χ0v) is 18.8. The van der Waals surface area contributed by atoms with Crippen LogP contribution in [0, 0.1) is 0 Å². The number of aromatic amines is 2. The Hall–Kier alpha value is -4.38. The quantitative estimate of drug-likeness (QED) is 0.274. The average molecular weight is 480 g/mol. The molecule has 4 aromatic rings. The van der Waals surface area contributed by atoms with E-state index in [2.05, 4.69) is 25.3 Å². The Morgan fingerprint density at radius 2 is 1.65 bits per heavy atom. The summed E-state index contributed by atoms with van der Waals surface area (Å²) in [5, 5.41) is 5.29. The van der Waals surface area contributed by atoms with Crippen LogP contribution in [0.5, 0.6) is 0 Å². The van der Waals surface area contributed by atoms with Gasteiger partial charge in [-0.3, -0.25) is 14.3 Å². The molecule has 3 aromatic carbocycles. The Kier molecular flexibility index (Phi) is 6.19. The number of fused-ring (bicyclic) bond motifs is 1. The molecule has 0 atom stereocenters. The van der Waals surface area contributed by atoms with Crippen LogP contribution in [0.2, 0.25) is 0 Å². The topological polar surface area (TPSA) is 153 Å². The SMILES string of the molecule is CNC(=O)c1cccc(CNC(=O)c2ccccc2NS(=O)(=O)c2ccc3[nH]c(=O)[nH]c3c2)c1. The molecule has 0 spiro atoms. The van der Waals surface area contributed by atoms with Crippen molar-refractivity contribution in [3.8, 4) is 0 Å². The predicted molar refractivity (Wildman–Crippen MR) is 127 cm³/mol. The van der Waals surface area contributed by atoms with Crippen molar-refractivity contribution >= 4 is 38.6 Å². The first-order valence-electron chi connectivity index (χ1n) is 10.2. The highest BCUT2D eigenvalue weighted by atomic mass is 32.2. The third kappa shape index (κ3) is 4.84. The highest BCUT2D eigenvalue weighted by Gasteiger charge is 2.19. The van der Waals surface area contributed by atoms with Gasteiger partial charge < -0.3 is 20.6 Å². The molecule has 1 aromatic heterocycles. The van der Waals surface area contributed by atoms with Gasteiger partial charge in [0.05, 0.1) is 27.2 Å². The minimum absolute atomic E-state index is 0.0727. The molecule has 0 unspecified atom stereocenters. The number of hydrogen-bond acceptors (Lipinski definition) is 5. The van der Waals surface area contributed by atoms with Crippen molar-refractivity contribution in [3.63, 3.8) is 0 Å². The monoisotopic (exact) mass is 479 g/mol. The van der Waals surface area contributed by atoms with Gasteiger partial charge in [-0.2, -0.15) is 0 Å². The number of anilines is 1. The first kappa shape index (κ1) is 22.8. The fraction of sp³-hybridized carbons (Fsp3) is 0.0870. The van der Waals surface area contributed by atoms with E-state index in [1.807, 2.05) is 0 Å². The molecule has 174 valence electrons. The molecule has 34 heavy (non-hydrogen) atoms. The van der Waals surface area contributed by atoms with E-state index in [1.165, 1.54) is 37.4 Å². The second-order valence-electron chi connectivity index (χ2n) is 7.40. The Bertz CT molecular complexity index is 1560. The molecule has 0 aliphatic rings. The number of benzene rings is 3. The van der Waals surface area contributed by atoms with E-state index in [4.69, 9.17) is 0 Å². The Balaban J connectivity index is 1.53. The van der Waals surface area contributed by atoms with Crippen molar-refractivity contribution in [2.24, 2.45) is 0 Å². The van der Waals surface area contributed by atoms with Gasteiger partial charge in [-0.25, -0.2) is 13.2 Å². The second kappa shape index (κ2) is 9.24. The fourth-order valence-electron chi connectivity index (χ4n) is 3.40. The van der Waals surface area contributed by atoms with Gasteiger partial charge in [0.1, 0.15) is 0 Å². The van der Waals surface area contributed by atoms with Crippen molar-refractivity contribution in [2.45, 2.75) is 11.4 Å². The van der Waals surface area contributed by atoms with Gasteiger partial charge in [0.2, 0.25) is 0 Å². The minimum atomic E-state index is -4.05. The van der Waals surface area contributed by atoms with Crippen LogP contribution in [0.3, 0.4) is 0 Å². The van der Waals surface area contributed by atoms with E-state index in [9.17, 15) is 22.8 Å². The maximum atomic E-state index is 13.0. The third-order valence-electron chi connectivity index (χ3n) is 5.08. The van der Waals surface area contributed by atoms with Crippen LogP contribution in [-0.4, -0.2) is 37.2 Å². The fourth-order valence-corrected chi connectivity index (χ4v) is 4.50. The van der Waals surface area contributed by atoms with Crippen molar-refractivity contribution in [2.75, 3.05) is 11.8 Å².